The highest BCUT2D eigenvalue weighted by Gasteiger charge is 2.20. The highest BCUT2D eigenvalue weighted by molar-refractivity contribution is 6.30. The van der Waals surface area contributed by atoms with Gasteiger partial charge >= 0.3 is 0 Å². The molecule has 0 radical (unpaired) electrons. The lowest BCUT2D eigenvalue weighted by atomic mass is 9.94. The van der Waals surface area contributed by atoms with Crippen LogP contribution in [0.4, 0.5) is 0 Å². The van der Waals surface area contributed by atoms with Crippen LogP contribution in [0.1, 0.15) is 33.6 Å². The van der Waals surface area contributed by atoms with Crippen LogP contribution in [0.5, 0.6) is 0 Å². The highest BCUT2D eigenvalue weighted by atomic mass is 35.5. The van der Waals surface area contributed by atoms with Gasteiger partial charge in [-0.25, -0.2) is 0 Å². The highest BCUT2D eigenvalue weighted by Crippen LogP contribution is 2.12. The van der Waals surface area contributed by atoms with Gasteiger partial charge < -0.3 is 4.74 Å². The lowest BCUT2D eigenvalue weighted by Gasteiger charge is -2.16. The summed E-state index contributed by atoms with van der Waals surface area (Å²) in [6.07, 6.45) is 1.55. The first-order chi connectivity index (χ1) is 7.60. The maximum atomic E-state index is 11.6. The Morgan fingerprint density at radius 3 is 2.44 bits per heavy atom. The summed E-state index contributed by atoms with van der Waals surface area (Å²) in [6, 6.07) is 0.0946. The van der Waals surface area contributed by atoms with Gasteiger partial charge in [-0.2, -0.15) is 0 Å². The molecule has 0 saturated heterocycles. The van der Waals surface area contributed by atoms with Crippen molar-refractivity contribution in [1.82, 2.24) is 0 Å². The Bertz CT molecular complexity index is 241. The van der Waals surface area contributed by atoms with E-state index < -0.39 is 0 Å². The van der Waals surface area contributed by atoms with Crippen LogP contribution in [0.25, 0.3) is 0 Å². The fourth-order valence-electron chi connectivity index (χ4n) is 1.73. The lowest BCUT2D eigenvalue weighted by Crippen LogP contribution is -2.26. The van der Waals surface area contributed by atoms with E-state index in [4.69, 9.17) is 16.3 Å². The number of aliphatic imine (C=N–C) groups is 1. The van der Waals surface area contributed by atoms with Crippen molar-refractivity contribution in [1.29, 1.82) is 0 Å². The summed E-state index contributed by atoms with van der Waals surface area (Å²) in [4.78, 5) is 16.2. The molecule has 0 amide bonds. The number of alkyl halides is 1. The van der Waals surface area contributed by atoms with E-state index in [-0.39, 0.29) is 23.6 Å². The summed E-state index contributed by atoms with van der Waals surface area (Å²) in [7, 11) is 1.65. The van der Waals surface area contributed by atoms with Gasteiger partial charge in [0, 0.05) is 12.8 Å². The molecule has 0 aliphatic heterocycles. The Morgan fingerprint density at radius 1 is 1.44 bits per heavy atom. The molecule has 4 heteroatoms. The minimum Gasteiger partial charge on any atom is -0.382 e. The molecule has 2 atom stereocenters. The van der Waals surface area contributed by atoms with Gasteiger partial charge in [0.05, 0.1) is 24.4 Å². The van der Waals surface area contributed by atoms with Crippen molar-refractivity contribution in [2.75, 3.05) is 19.6 Å². The molecule has 0 spiro atoms. The summed E-state index contributed by atoms with van der Waals surface area (Å²) in [5.41, 5.74) is 0.942. The maximum Gasteiger partial charge on any atom is 0.156 e. The van der Waals surface area contributed by atoms with E-state index in [0.717, 1.165) is 18.6 Å². The summed E-state index contributed by atoms with van der Waals surface area (Å²) in [5.74, 6) is 0.00658. The van der Waals surface area contributed by atoms with Crippen LogP contribution in [0, 0.1) is 5.92 Å². The lowest BCUT2D eigenvalue weighted by molar-refractivity contribution is -0.118. The smallest absolute Gasteiger partial charge is 0.156 e. The standard InChI is InChI=1S/C12H22ClNO2/c1-5-10(12(15)7-13)11(6-2)14-9(3)8-16-4/h9-10H,5-8H2,1-4H3/t9-,10?/m0/s1. The third kappa shape index (κ3) is 5.08. The fraction of sp³-hybridized carbons (Fsp3) is 0.833. The number of hydrogen-bond donors (Lipinski definition) is 0. The van der Waals surface area contributed by atoms with Gasteiger partial charge in [0.15, 0.2) is 5.78 Å². The molecule has 94 valence electrons. The van der Waals surface area contributed by atoms with Gasteiger partial charge in [-0.05, 0) is 19.8 Å². The zero-order valence-electron chi connectivity index (χ0n) is 10.6. The van der Waals surface area contributed by atoms with Crippen LogP contribution in [0.3, 0.4) is 0 Å². The van der Waals surface area contributed by atoms with E-state index >= 15 is 0 Å². The third-order valence-electron chi connectivity index (χ3n) is 2.49. The number of methoxy groups -OCH3 is 1. The van der Waals surface area contributed by atoms with E-state index in [2.05, 4.69) is 4.99 Å². The summed E-state index contributed by atoms with van der Waals surface area (Å²) in [5, 5.41) is 0. The molecule has 0 N–H and O–H groups in total. The molecular weight excluding hydrogens is 226 g/mol. The first-order valence-electron chi connectivity index (χ1n) is 5.74. The molecule has 3 nitrogen and oxygen atoms in total. The van der Waals surface area contributed by atoms with Crippen molar-refractivity contribution in [3.8, 4) is 0 Å². The quantitative estimate of drug-likeness (QED) is 0.489. The Morgan fingerprint density at radius 2 is 2.06 bits per heavy atom. The van der Waals surface area contributed by atoms with Crippen LogP contribution in [0.15, 0.2) is 4.99 Å². The summed E-state index contributed by atoms with van der Waals surface area (Å²) >= 11 is 5.60. The summed E-state index contributed by atoms with van der Waals surface area (Å²) in [6.45, 7) is 6.57. The number of carbonyl (C=O) groups is 1. The van der Waals surface area contributed by atoms with Crippen molar-refractivity contribution in [2.24, 2.45) is 10.9 Å². The Balaban J connectivity index is 4.72. The van der Waals surface area contributed by atoms with Gasteiger partial charge in [0.25, 0.3) is 0 Å². The molecule has 1 unspecified atom stereocenters. The number of hydrogen-bond acceptors (Lipinski definition) is 3. The average molecular weight is 248 g/mol. The SMILES string of the molecule is CCC(=N[C@@H](C)COC)C(CC)C(=O)CCl. The van der Waals surface area contributed by atoms with Gasteiger partial charge in [-0.1, -0.05) is 13.8 Å². The second-order valence-corrected chi connectivity index (χ2v) is 4.11. The minimum absolute atomic E-state index is 0.0642. The molecule has 0 fully saturated rings. The fourth-order valence-corrected chi connectivity index (χ4v) is 1.92. The van der Waals surface area contributed by atoms with Crippen LogP contribution in [0.2, 0.25) is 0 Å². The number of Topliss-reactive ketones (excluding diaryl/α,β-unsaturated/α-hetero) is 1. The topological polar surface area (TPSA) is 38.7 Å². The second kappa shape index (κ2) is 8.71. The predicted octanol–water partition coefficient (Wildman–Crippen LogP) is 2.71. The number of nitrogens with zero attached hydrogens (tertiary/aromatic N) is 1. The number of halogens is 1. The van der Waals surface area contributed by atoms with E-state index in [0.29, 0.717) is 6.61 Å². The first kappa shape index (κ1) is 15.6. The summed E-state index contributed by atoms with van der Waals surface area (Å²) < 4.78 is 5.03. The Labute approximate surface area is 103 Å². The third-order valence-corrected chi connectivity index (χ3v) is 2.75. The molecule has 0 aliphatic rings. The van der Waals surface area contributed by atoms with Crippen LogP contribution < -0.4 is 0 Å². The van der Waals surface area contributed by atoms with E-state index in [1.165, 1.54) is 0 Å². The van der Waals surface area contributed by atoms with E-state index in [9.17, 15) is 4.79 Å². The van der Waals surface area contributed by atoms with Crippen molar-refractivity contribution in [3.05, 3.63) is 0 Å². The van der Waals surface area contributed by atoms with Crippen molar-refractivity contribution < 1.29 is 9.53 Å². The zero-order chi connectivity index (χ0) is 12.6. The van der Waals surface area contributed by atoms with Crippen LogP contribution in [-0.2, 0) is 9.53 Å². The maximum absolute atomic E-state index is 11.6. The van der Waals surface area contributed by atoms with Gasteiger partial charge in [-0.3, -0.25) is 9.79 Å². The first-order valence-corrected chi connectivity index (χ1v) is 6.28. The Kier molecular flexibility index (Phi) is 8.49. The monoisotopic (exact) mass is 247 g/mol. The molecular formula is C12H22ClNO2. The predicted molar refractivity (Wildman–Crippen MR) is 68.6 cm³/mol. The zero-order valence-corrected chi connectivity index (χ0v) is 11.4. The molecule has 0 aromatic rings. The second-order valence-electron chi connectivity index (χ2n) is 3.84. The van der Waals surface area contributed by atoms with Crippen LogP contribution >= 0.6 is 11.6 Å². The molecule has 0 bridgehead atoms. The number of ketones is 1. The molecule has 16 heavy (non-hydrogen) atoms. The molecule has 0 aliphatic carbocycles. The molecule has 0 heterocycles. The molecule has 0 rings (SSSR count). The van der Waals surface area contributed by atoms with Crippen molar-refractivity contribution in [2.45, 2.75) is 39.7 Å². The van der Waals surface area contributed by atoms with Crippen LogP contribution in [-0.4, -0.2) is 37.1 Å². The molecule has 0 aromatic carbocycles. The number of ether oxygens (including phenoxy) is 1. The van der Waals surface area contributed by atoms with Gasteiger partial charge in [0.2, 0.25) is 0 Å². The minimum atomic E-state index is -0.123. The van der Waals surface area contributed by atoms with Gasteiger partial charge in [0.1, 0.15) is 0 Å². The Hall–Kier alpha value is -0.410. The molecule has 0 saturated carbocycles. The largest absolute Gasteiger partial charge is 0.382 e. The molecule has 0 aromatic heterocycles. The number of rotatable bonds is 8. The normalized spacial score (nSPS) is 15.9. The van der Waals surface area contributed by atoms with E-state index in [1.54, 1.807) is 7.11 Å². The average Bonchev–Trinajstić information content (AvgIpc) is 2.28. The van der Waals surface area contributed by atoms with E-state index in [1.807, 2.05) is 20.8 Å². The van der Waals surface area contributed by atoms with Crippen molar-refractivity contribution >= 4 is 23.1 Å². The number of carbonyl (C=O) groups excluding carboxylic acids is 1. The van der Waals surface area contributed by atoms with Crippen molar-refractivity contribution in [3.63, 3.8) is 0 Å². The van der Waals surface area contributed by atoms with Gasteiger partial charge in [-0.15, -0.1) is 11.6 Å².